The van der Waals surface area contributed by atoms with Crippen molar-refractivity contribution in [1.29, 1.82) is 0 Å². The summed E-state index contributed by atoms with van der Waals surface area (Å²) in [7, 11) is 0. The number of fused-ring (bicyclic) bond motifs is 2. The second-order valence-electron chi connectivity index (χ2n) is 6.06. The van der Waals surface area contributed by atoms with Gasteiger partial charge in [-0.3, -0.25) is 14.0 Å². The number of carbonyl (C=O) groups is 2. The summed E-state index contributed by atoms with van der Waals surface area (Å²) in [5.41, 5.74) is 1.48. The van der Waals surface area contributed by atoms with Gasteiger partial charge in [-0.25, -0.2) is 4.98 Å². The molecule has 140 valence electrons. The van der Waals surface area contributed by atoms with Crippen LogP contribution in [0.1, 0.15) is 24.2 Å². The molecule has 0 fully saturated rings. The molecule has 9 heteroatoms. The molecule has 0 saturated carbocycles. The van der Waals surface area contributed by atoms with Gasteiger partial charge >= 0.3 is 5.97 Å². The lowest BCUT2D eigenvalue weighted by molar-refractivity contribution is -0.148. The van der Waals surface area contributed by atoms with Crippen molar-refractivity contribution in [3.63, 3.8) is 0 Å². The van der Waals surface area contributed by atoms with Crippen molar-refractivity contribution in [1.82, 2.24) is 14.7 Å². The van der Waals surface area contributed by atoms with Gasteiger partial charge in [0.25, 0.3) is 5.91 Å². The molecule has 27 heavy (non-hydrogen) atoms. The van der Waals surface area contributed by atoms with Crippen LogP contribution in [0.4, 0.5) is 0 Å². The number of imidazole rings is 1. The van der Waals surface area contributed by atoms with Crippen molar-refractivity contribution >= 4 is 28.2 Å². The molecule has 0 aliphatic carbocycles. The van der Waals surface area contributed by atoms with Gasteiger partial charge in [-0.2, -0.15) is 0 Å². The van der Waals surface area contributed by atoms with Crippen LogP contribution in [0.15, 0.2) is 36.0 Å². The first-order valence-electron chi connectivity index (χ1n) is 8.34. The Kier molecular flexibility index (Phi) is 4.68. The summed E-state index contributed by atoms with van der Waals surface area (Å²) >= 11 is 1.48. The van der Waals surface area contributed by atoms with Crippen LogP contribution >= 0.6 is 11.3 Å². The first kappa shape index (κ1) is 17.3. The van der Waals surface area contributed by atoms with Crippen molar-refractivity contribution in [3.8, 4) is 11.5 Å². The van der Waals surface area contributed by atoms with E-state index in [0.29, 0.717) is 17.2 Å². The SMILES string of the molecule is C[C@@H](NC(=O)COC(=O)Cc1cn2ccsc2n1)c1ccc2c(c1)OCO2. The minimum absolute atomic E-state index is 0.0272. The zero-order valence-corrected chi connectivity index (χ0v) is 15.3. The smallest absolute Gasteiger partial charge is 0.312 e. The topological polar surface area (TPSA) is 91.2 Å². The molecule has 0 spiro atoms. The van der Waals surface area contributed by atoms with Crippen molar-refractivity contribution < 1.29 is 23.8 Å². The molecule has 3 aromatic rings. The Balaban J connectivity index is 1.26. The van der Waals surface area contributed by atoms with Gasteiger partial charge in [0.15, 0.2) is 23.1 Å². The number of aromatic nitrogens is 2. The first-order chi connectivity index (χ1) is 13.1. The van der Waals surface area contributed by atoms with E-state index in [-0.39, 0.29) is 31.8 Å². The Hall–Kier alpha value is -3.07. The summed E-state index contributed by atoms with van der Waals surface area (Å²) in [5, 5.41) is 4.71. The van der Waals surface area contributed by atoms with Gasteiger partial charge in [0.05, 0.1) is 18.2 Å². The van der Waals surface area contributed by atoms with Crippen molar-refractivity contribution in [3.05, 3.63) is 47.2 Å². The lowest BCUT2D eigenvalue weighted by atomic mass is 10.1. The Morgan fingerprint density at radius 3 is 3.07 bits per heavy atom. The Morgan fingerprint density at radius 2 is 2.22 bits per heavy atom. The fourth-order valence-electron chi connectivity index (χ4n) is 2.76. The number of amides is 1. The third-order valence-electron chi connectivity index (χ3n) is 4.11. The van der Waals surface area contributed by atoms with E-state index in [4.69, 9.17) is 14.2 Å². The zero-order valence-electron chi connectivity index (χ0n) is 14.5. The molecule has 8 nitrogen and oxygen atoms in total. The molecule has 1 N–H and O–H groups in total. The van der Waals surface area contributed by atoms with E-state index in [1.165, 1.54) is 11.3 Å². The monoisotopic (exact) mass is 387 g/mol. The molecule has 3 heterocycles. The number of rotatable bonds is 6. The summed E-state index contributed by atoms with van der Waals surface area (Å²) in [6, 6.07) is 5.22. The standard InChI is InChI=1S/C18H17N3O5S/c1-11(12-2-3-14-15(6-12)26-10-25-14)19-16(22)9-24-17(23)7-13-8-21-4-5-27-18(21)20-13/h2-6,8,11H,7,9-10H2,1H3,(H,19,22)/t11-/m1/s1. The minimum Gasteiger partial charge on any atom is -0.455 e. The maximum Gasteiger partial charge on any atom is 0.312 e. The minimum atomic E-state index is -0.494. The van der Waals surface area contributed by atoms with Gasteiger partial charge in [-0.1, -0.05) is 6.07 Å². The summed E-state index contributed by atoms with van der Waals surface area (Å²) in [5.74, 6) is 0.469. The summed E-state index contributed by atoms with van der Waals surface area (Å²) < 4.78 is 17.5. The molecule has 4 rings (SSSR count). The number of nitrogens with zero attached hydrogens (tertiary/aromatic N) is 2. The van der Waals surface area contributed by atoms with Crippen molar-refractivity contribution in [2.75, 3.05) is 13.4 Å². The number of thiazole rings is 1. The third kappa shape index (κ3) is 3.87. The average molecular weight is 387 g/mol. The van der Waals surface area contributed by atoms with Crippen LogP contribution in [0.5, 0.6) is 11.5 Å². The molecule has 0 unspecified atom stereocenters. The van der Waals surface area contributed by atoms with Crippen LogP contribution < -0.4 is 14.8 Å². The molecule has 1 aromatic carbocycles. The third-order valence-corrected chi connectivity index (χ3v) is 4.88. The fourth-order valence-corrected chi connectivity index (χ4v) is 3.47. The summed E-state index contributed by atoms with van der Waals surface area (Å²) in [6.45, 7) is 1.70. The predicted molar refractivity (Wildman–Crippen MR) is 96.9 cm³/mol. The predicted octanol–water partition coefficient (Wildman–Crippen LogP) is 2.09. The number of nitrogens with one attached hydrogen (secondary N) is 1. The van der Waals surface area contributed by atoms with Crippen LogP contribution in [0.3, 0.4) is 0 Å². The molecule has 0 radical (unpaired) electrons. The second-order valence-corrected chi connectivity index (χ2v) is 6.94. The average Bonchev–Trinajstić information content (AvgIpc) is 3.34. The normalized spacial score (nSPS) is 13.5. The van der Waals surface area contributed by atoms with Gasteiger partial charge in [-0.05, 0) is 24.6 Å². The fraction of sp³-hybridized carbons (Fsp3) is 0.278. The highest BCUT2D eigenvalue weighted by atomic mass is 32.1. The molecule has 1 aliphatic heterocycles. The summed E-state index contributed by atoms with van der Waals surface area (Å²) in [6.07, 6.45) is 3.67. The van der Waals surface area contributed by atoms with Crippen molar-refractivity contribution in [2.45, 2.75) is 19.4 Å². The zero-order chi connectivity index (χ0) is 18.8. The maximum absolute atomic E-state index is 12.1. The number of ether oxygens (including phenoxy) is 3. The van der Waals surface area contributed by atoms with E-state index in [0.717, 1.165) is 10.5 Å². The van der Waals surface area contributed by atoms with E-state index in [2.05, 4.69) is 10.3 Å². The Labute approximate surface area is 158 Å². The quantitative estimate of drug-likeness (QED) is 0.652. The van der Waals surface area contributed by atoms with Crippen LogP contribution in [0, 0.1) is 0 Å². The first-order valence-corrected chi connectivity index (χ1v) is 9.22. The lowest BCUT2D eigenvalue weighted by Crippen LogP contribution is -2.31. The Bertz CT molecular complexity index is 967. The molecular formula is C18H17N3O5S. The van der Waals surface area contributed by atoms with E-state index in [9.17, 15) is 9.59 Å². The van der Waals surface area contributed by atoms with Gasteiger partial charge in [0.1, 0.15) is 0 Å². The van der Waals surface area contributed by atoms with E-state index in [1.54, 1.807) is 12.3 Å². The largest absolute Gasteiger partial charge is 0.455 e. The highest BCUT2D eigenvalue weighted by molar-refractivity contribution is 7.15. The number of esters is 1. The number of hydrogen-bond acceptors (Lipinski definition) is 7. The van der Waals surface area contributed by atoms with E-state index >= 15 is 0 Å². The highest BCUT2D eigenvalue weighted by Crippen LogP contribution is 2.34. The van der Waals surface area contributed by atoms with Crippen LogP contribution in [0.2, 0.25) is 0 Å². The van der Waals surface area contributed by atoms with Crippen LogP contribution in [-0.2, 0) is 20.7 Å². The van der Waals surface area contributed by atoms with Crippen LogP contribution in [0.25, 0.3) is 4.96 Å². The van der Waals surface area contributed by atoms with E-state index in [1.807, 2.05) is 35.0 Å². The molecule has 1 atom stereocenters. The van der Waals surface area contributed by atoms with E-state index < -0.39 is 5.97 Å². The molecule has 1 amide bonds. The van der Waals surface area contributed by atoms with Gasteiger partial charge in [0.2, 0.25) is 6.79 Å². The van der Waals surface area contributed by atoms with Gasteiger partial charge in [0, 0.05) is 17.8 Å². The lowest BCUT2D eigenvalue weighted by Gasteiger charge is -2.14. The molecule has 1 aliphatic rings. The van der Waals surface area contributed by atoms with Gasteiger partial charge in [-0.15, -0.1) is 11.3 Å². The van der Waals surface area contributed by atoms with Crippen LogP contribution in [-0.4, -0.2) is 34.7 Å². The summed E-state index contributed by atoms with van der Waals surface area (Å²) in [4.78, 5) is 29.1. The number of carbonyl (C=O) groups excluding carboxylic acids is 2. The molecular weight excluding hydrogens is 370 g/mol. The molecule has 2 aromatic heterocycles. The highest BCUT2D eigenvalue weighted by Gasteiger charge is 2.18. The second kappa shape index (κ2) is 7.28. The number of benzene rings is 1. The van der Waals surface area contributed by atoms with Crippen molar-refractivity contribution in [2.24, 2.45) is 0 Å². The number of hydrogen-bond donors (Lipinski definition) is 1. The van der Waals surface area contributed by atoms with Gasteiger partial charge < -0.3 is 19.5 Å². The Morgan fingerprint density at radius 1 is 1.37 bits per heavy atom. The maximum atomic E-state index is 12.1. The molecule has 0 bridgehead atoms. The molecule has 0 saturated heterocycles.